The molecule has 1 aliphatic rings. The van der Waals surface area contributed by atoms with Crippen molar-refractivity contribution in [2.24, 2.45) is 5.41 Å². The van der Waals surface area contributed by atoms with E-state index in [2.05, 4.69) is 0 Å². The molecule has 0 atom stereocenters. The van der Waals surface area contributed by atoms with E-state index in [1.165, 1.54) is 7.11 Å². The van der Waals surface area contributed by atoms with Gasteiger partial charge in [-0.1, -0.05) is 0 Å². The lowest BCUT2D eigenvalue weighted by molar-refractivity contribution is -0.145. The number of hydrogen-bond acceptors (Lipinski definition) is 4. The van der Waals surface area contributed by atoms with Crippen molar-refractivity contribution in [3.63, 3.8) is 0 Å². The zero-order valence-corrected chi connectivity index (χ0v) is 11.7. The minimum absolute atomic E-state index is 0.136. The Morgan fingerprint density at radius 1 is 1.11 bits per heavy atom. The number of ketones is 1. The Hall–Kier alpha value is -1.84. The average molecular weight is 262 g/mol. The predicted octanol–water partition coefficient (Wildman–Crippen LogP) is 2.45. The summed E-state index contributed by atoms with van der Waals surface area (Å²) in [5, 5.41) is 0. The fraction of sp³-hybridized carbons (Fsp3) is 0.467. The van der Waals surface area contributed by atoms with Crippen molar-refractivity contribution in [3.05, 3.63) is 28.8 Å². The van der Waals surface area contributed by atoms with Crippen LogP contribution in [0.4, 0.5) is 0 Å². The third-order valence-electron chi connectivity index (χ3n) is 3.75. The predicted molar refractivity (Wildman–Crippen MR) is 70.5 cm³/mol. The number of carbonyl (C=O) groups excluding carboxylic acids is 2. The Morgan fingerprint density at radius 2 is 1.74 bits per heavy atom. The van der Waals surface area contributed by atoms with Crippen LogP contribution >= 0.6 is 0 Å². The van der Waals surface area contributed by atoms with E-state index in [0.29, 0.717) is 18.4 Å². The van der Waals surface area contributed by atoms with Crippen LogP contribution in [0.2, 0.25) is 0 Å². The van der Waals surface area contributed by atoms with E-state index in [1.54, 1.807) is 13.2 Å². The monoisotopic (exact) mass is 262 g/mol. The van der Waals surface area contributed by atoms with Crippen LogP contribution in [-0.4, -0.2) is 26.0 Å². The maximum absolute atomic E-state index is 12.6. The Bertz CT molecular complexity index is 541. The van der Waals surface area contributed by atoms with Crippen molar-refractivity contribution < 1.29 is 19.1 Å². The average Bonchev–Trinajstić information content (AvgIpc) is 3.20. The lowest BCUT2D eigenvalue weighted by atomic mass is 9.90. The highest BCUT2D eigenvalue weighted by Crippen LogP contribution is 2.49. The summed E-state index contributed by atoms with van der Waals surface area (Å²) in [5.74, 6) is 0.185. The van der Waals surface area contributed by atoms with Gasteiger partial charge in [-0.05, 0) is 49.9 Å². The summed E-state index contributed by atoms with van der Waals surface area (Å²) in [5.41, 5.74) is 1.35. The van der Waals surface area contributed by atoms with E-state index >= 15 is 0 Å². The molecule has 0 bridgehead atoms. The molecule has 0 aliphatic heterocycles. The van der Waals surface area contributed by atoms with Crippen LogP contribution < -0.4 is 4.74 Å². The quantitative estimate of drug-likeness (QED) is 0.475. The van der Waals surface area contributed by atoms with E-state index in [1.807, 2.05) is 19.9 Å². The van der Waals surface area contributed by atoms with Gasteiger partial charge in [-0.3, -0.25) is 9.59 Å². The van der Waals surface area contributed by atoms with E-state index in [9.17, 15) is 9.59 Å². The smallest absolute Gasteiger partial charge is 0.319 e. The first-order valence-corrected chi connectivity index (χ1v) is 6.24. The van der Waals surface area contributed by atoms with Crippen LogP contribution in [0.3, 0.4) is 0 Å². The van der Waals surface area contributed by atoms with Crippen molar-refractivity contribution >= 4 is 11.8 Å². The highest BCUT2D eigenvalue weighted by atomic mass is 16.5. The van der Waals surface area contributed by atoms with Gasteiger partial charge in [0.05, 0.1) is 14.2 Å². The second kappa shape index (κ2) is 4.68. The zero-order valence-electron chi connectivity index (χ0n) is 11.7. The van der Waals surface area contributed by atoms with E-state index in [-0.39, 0.29) is 5.78 Å². The highest BCUT2D eigenvalue weighted by molar-refractivity contribution is 6.15. The maximum atomic E-state index is 12.6. The molecule has 0 unspecified atom stereocenters. The number of ether oxygens (including phenoxy) is 2. The first-order valence-electron chi connectivity index (χ1n) is 6.24. The van der Waals surface area contributed by atoms with Crippen LogP contribution in [0.1, 0.15) is 34.3 Å². The fourth-order valence-corrected chi connectivity index (χ4v) is 2.36. The topological polar surface area (TPSA) is 52.6 Å². The lowest BCUT2D eigenvalue weighted by Gasteiger charge is -2.15. The third-order valence-corrected chi connectivity index (χ3v) is 3.75. The van der Waals surface area contributed by atoms with Crippen LogP contribution in [0, 0.1) is 19.3 Å². The highest BCUT2D eigenvalue weighted by Gasteiger charge is 2.57. The molecule has 0 spiro atoms. The van der Waals surface area contributed by atoms with Gasteiger partial charge < -0.3 is 9.47 Å². The molecule has 19 heavy (non-hydrogen) atoms. The first kappa shape index (κ1) is 13.6. The molecular weight excluding hydrogens is 244 g/mol. The number of methoxy groups -OCH3 is 2. The summed E-state index contributed by atoms with van der Waals surface area (Å²) < 4.78 is 9.98. The molecule has 1 aromatic rings. The van der Waals surface area contributed by atoms with E-state index < -0.39 is 11.4 Å². The zero-order chi connectivity index (χ0) is 14.2. The SMILES string of the molecule is COC(=O)C1(C(=O)c2cc(C)c(OC)cc2C)CC1. The Labute approximate surface area is 112 Å². The summed E-state index contributed by atoms with van der Waals surface area (Å²) in [4.78, 5) is 24.3. The van der Waals surface area contributed by atoms with Gasteiger partial charge in [0.2, 0.25) is 0 Å². The molecule has 0 heterocycles. The third kappa shape index (κ3) is 2.11. The Kier molecular flexibility index (Phi) is 3.35. The maximum Gasteiger partial charge on any atom is 0.319 e. The standard InChI is InChI=1S/C15H18O4/c1-9-8-12(18-3)10(2)7-11(9)13(16)15(5-6-15)14(17)19-4/h7-8H,5-6H2,1-4H3. The van der Waals surface area contributed by atoms with Crippen LogP contribution in [0.15, 0.2) is 12.1 Å². The summed E-state index contributed by atoms with van der Waals surface area (Å²) in [6.45, 7) is 3.73. The van der Waals surface area contributed by atoms with Gasteiger partial charge in [-0.15, -0.1) is 0 Å². The van der Waals surface area contributed by atoms with Gasteiger partial charge in [0, 0.05) is 5.56 Å². The minimum Gasteiger partial charge on any atom is -0.496 e. The molecule has 4 heteroatoms. The number of esters is 1. The number of carbonyl (C=O) groups is 2. The summed E-state index contributed by atoms with van der Waals surface area (Å²) in [6, 6.07) is 3.62. The molecule has 0 saturated heterocycles. The van der Waals surface area contributed by atoms with Gasteiger partial charge in [-0.25, -0.2) is 0 Å². The second-order valence-electron chi connectivity index (χ2n) is 5.04. The molecule has 4 nitrogen and oxygen atoms in total. The number of Topliss-reactive ketones (excluding diaryl/α,β-unsaturated/α-hetero) is 1. The van der Waals surface area contributed by atoms with Gasteiger partial charge in [0.15, 0.2) is 5.78 Å². The van der Waals surface area contributed by atoms with Crippen molar-refractivity contribution in [1.82, 2.24) is 0 Å². The van der Waals surface area contributed by atoms with E-state index in [0.717, 1.165) is 16.9 Å². The van der Waals surface area contributed by atoms with Crippen molar-refractivity contribution in [2.45, 2.75) is 26.7 Å². The molecule has 102 valence electrons. The Morgan fingerprint density at radius 3 is 2.21 bits per heavy atom. The molecule has 1 aromatic carbocycles. The second-order valence-corrected chi connectivity index (χ2v) is 5.04. The van der Waals surface area contributed by atoms with Crippen molar-refractivity contribution in [2.75, 3.05) is 14.2 Å². The minimum atomic E-state index is -0.944. The molecule has 1 fully saturated rings. The summed E-state index contributed by atoms with van der Waals surface area (Å²) in [6.07, 6.45) is 1.14. The summed E-state index contributed by atoms with van der Waals surface area (Å²) >= 11 is 0. The molecule has 1 saturated carbocycles. The van der Waals surface area contributed by atoms with Crippen LogP contribution in [0.5, 0.6) is 5.75 Å². The van der Waals surface area contributed by atoms with Gasteiger partial charge in [-0.2, -0.15) is 0 Å². The molecule has 0 N–H and O–H groups in total. The van der Waals surface area contributed by atoms with Crippen molar-refractivity contribution in [1.29, 1.82) is 0 Å². The largest absolute Gasteiger partial charge is 0.496 e. The molecule has 0 aromatic heterocycles. The molecule has 0 amide bonds. The summed E-state index contributed by atoms with van der Waals surface area (Å²) in [7, 11) is 2.92. The Balaban J connectivity index is 2.40. The van der Waals surface area contributed by atoms with Gasteiger partial charge in [0.1, 0.15) is 11.2 Å². The molecule has 0 radical (unpaired) electrons. The van der Waals surface area contributed by atoms with Gasteiger partial charge >= 0.3 is 5.97 Å². The number of rotatable bonds is 4. The number of benzene rings is 1. The number of hydrogen-bond donors (Lipinski definition) is 0. The lowest BCUT2D eigenvalue weighted by Crippen LogP contribution is -2.27. The molecule has 1 aliphatic carbocycles. The first-order chi connectivity index (χ1) is 8.96. The van der Waals surface area contributed by atoms with Gasteiger partial charge in [0.25, 0.3) is 0 Å². The number of aryl methyl sites for hydroxylation is 2. The molecular formula is C15H18O4. The van der Waals surface area contributed by atoms with Crippen LogP contribution in [0.25, 0.3) is 0 Å². The normalized spacial score (nSPS) is 15.8. The van der Waals surface area contributed by atoms with E-state index in [4.69, 9.17) is 9.47 Å². The van der Waals surface area contributed by atoms with Crippen LogP contribution in [-0.2, 0) is 9.53 Å². The fourth-order valence-electron chi connectivity index (χ4n) is 2.36. The van der Waals surface area contributed by atoms with Crippen molar-refractivity contribution in [3.8, 4) is 5.75 Å². The molecule has 2 rings (SSSR count).